The Morgan fingerprint density at radius 3 is 2.65 bits per heavy atom. The summed E-state index contributed by atoms with van der Waals surface area (Å²) >= 11 is 0. The minimum Gasteiger partial charge on any atom is -0.497 e. The second-order valence-corrected chi connectivity index (χ2v) is 4.19. The van der Waals surface area contributed by atoms with Crippen LogP contribution in [0.2, 0.25) is 0 Å². The van der Waals surface area contributed by atoms with E-state index in [1.165, 1.54) is 5.56 Å². The third kappa shape index (κ3) is 3.81. The highest BCUT2D eigenvalue weighted by Gasteiger charge is 2.04. The van der Waals surface area contributed by atoms with Gasteiger partial charge < -0.3 is 15.2 Å². The number of hydrogen-bond acceptors (Lipinski definition) is 5. The van der Waals surface area contributed by atoms with Crippen LogP contribution < -0.4 is 15.2 Å². The Morgan fingerprint density at radius 1 is 1.25 bits per heavy atom. The van der Waals surface area contributed by atoms with E-state index >= 15 is 0 Å². The van der Waals surface area contributed by atoms with Crippen LogP contribution in [0.25, 0.3) is 0 Å². The molecule has 0 aliphatic rings. The molecule has 2 rings (SSSR count). The number of aromatic nitrogens is 2. The average Bonchev–Trinajstić information content (AvgIpc) is 2.48. The van der Waals surface area contributed by atoms with Crippen LogP contribution in [0.5, 0.6) is 11.8 Å². The van der Waals surface area contributed by atoms with Gasteiger partial charge in [-0.1, -0.05) is 12.1 Å². The Kier molecular flexibility index (Phi) is 4.70. The molecule has 0 aliphatic heterocycles. The largest absolute Gasteiger partial charge is 0.497 e. The Hall–Kier alpha value is -2.37. The molecule has 2 N–H and O–H groups in total. The average molecular weight is 277 g/mol. The van der Waals surface area contributed by atoms with Gasteiger partial charge in [-0.25, -0.2) is 9.37 Å². The van der Waals surface area contributed by atoms with Gasteiger partial charge in [0.15, 0.2) is 11.6 Å². The summed E-state index contributed by atoms with van der Waals surface area (Å²) in [7, 11) is 1.64. The van der Waals surface area contributed by atoms with Gasteiger partial charge in [0.2, 0.25) is 0 Å². The maximum absolute atomic E-state index is 12.9. The van der Waals surface area contributed by atoms with Crippen molar-refractivity contribution in [2.45, 2.75) is 12.8 Å². The van der Waals surface area contributed by atoms with Crippen molar-refractivity contribution in [3.05, 3.63) is 41.8 Å². The zero-order valence-electron chi connectivity index (χ0n) is 11.2. The summed E-state index contributed by atoms with van der Waals surface area (Å²) < 4.78 is 23.3. The van der Waals surface area contributed by atoms with Crippen molar-refractivity contribution in [2.75, 3.05) is 19.5 Å². The lowest BCUT2D eigenvalue weighted by Gasteiger charge is -2.06. The Balaban J connectivity index is 1.76. The second-order valence-electron chi connectivity index (χ2n) is 4.19. The smallest absolute Gasteiger partial charge is 0.318 e. The molecule has 5 nitrogen and oxygen atoms in total. The lowest BCUT2D eigenvalue weighted by Crippen LogP contribution is -2.05. The molecule has 0 saturated heterocycles. The van der Waals surface area contributed by atoms with E-state index in [1.54, 1.807) is 7.11 Å². The summed E-state index contributed by atoms with van der Waals surface area (Å²) in [6, 6.07) is 7.94. The molecule has 0 spiro atoms. The highest BCUT2D eigenvalue weighted by Crippen LogP contribution is 2.13. The van der Waals surface area contributed by atoms with E-state index in [0.717, 1.165) is 24.8 Å². The predicted octanol–water partition coefficient (Wildman–Crippen LogP) is 2.22. The number of nitrogens with two attached hydrogens (primary N) is 1. The zero-order valence-corrected chi connectivity index (χ0v) is 11.2. The van der Waals surface area contributed by atoms with E-state index in [1.807, 2.05) is 24.3 Å². The van der Waals surface area contributed by atoms with Crippen LogP contribution in [0.15, 0.2) is 30.5 Å². The van der Waals surface area contributed by atoms with Gasteiger partial charge in [0.1, 0.15) is 5.75 Å². The van der Waals surface area contributed by atoms with Gasteiger partial charge in [-0.15, -0.1) is 0 Å². The van der Waals surface area contributed by atoms with Gasteiger partial charge in [0, 0.05) is 0 Å². The molecular formula is C14H16FN3O2. The Bertz CT molecular complexity index is 561. The van der Waals surface area contributed by atoms with Crippen LogP contribution in [0.1, 0.15) is 12.0 Å². The van der Waals surface area contributed by atoms with Crippen molar-refractivity contribution in [1.29, 1.82) is 0 Å². The van der Waals surface area contributed by atoms with Gasteiger partial charge in [0.05, 0.1) is 19.9 Å². The van der Waals surface area contributed by atoms with Crippen LogP contribution in [-0.4, -0.2) is 23.7 Å². The molecule has 0 amide bonds. The highest BCUT2D eigenvalue weighted by molar-refractivity contribution is 5.29. The first-order chi connectivity index (χ1) is 9.69. The number of methoxy groups -OCH3 is 1. The number of nitrogen functional groups attached to an aromatic ring is 1. The third-order valence-corrected chi connectivity index (χ3v) is 2.75. The second kappa shape index (κ2) is 6.70. The number of hydrogen-bond donors (Lipinski definition) is 1. The molecule has 0 aliphatic carbocycles. The van der Waals surface area contributed by atoms with Crippen LogP contribution >= 0.6 is 0 Å². The highest BCUT2D eigenvalue weighted by atomic mass is 19.1. The molecule has 0 atom stereocenters. The van der Waals surface area contributed by atoms with Crippen molar-refractivity contribution in [3.8, 4) is 11.8 Å². The Labute approximate surface area is 116 Å². The molecule has 20 heavy (non-hydrogen) atoms. The van der Waals surface area contributed by atoms with Gasteiger partial charge in [-0.2, -0.15) is 4.98 Å². The summed E-state index contributed by atoms with van der Waals surface area (Å²) in [6.07, 6.45) is 2.66. The molecule has 1 heterocycles. The van der Waals surface area contributed by atoms with E-state index in [9.17, 15) is 4.39 Å². The van der Waals surface area contributed by atoms with Crippen LogP contribution in [-0.2, 0) is 6.42 Å². The molecule has 0 bridgehead atoms. The maximum Gasteiger partial charge on any atom is 0.318 e. The van der Waals surface area contributed by atoms with Crippen LogP contribution in [0.3, 0.4) is 0 Å². The quantitative estimate of drug-likeness (QED) is 0.820. The molecule has 106 valence electrons. The molecule has 1 aromatic carbocycles. The summed E-state index contributed by atoms with van der Waals surface area (Å²) in [4.78, 5) is 7.39. The number of aryl methyl sites for hydroxylation is 1. The molecule has 0 saturated carbocycles. The van der Waals surface area contributed by atoms with E-state index < -0.39 is 5.82 Å². The SMILES string of the molecule is COc1ccc(CCCOc2ncc(F)c(N)n2)cc1. The van der Waals surface area contributed by atoms with E-state index in [2.05, 4.69) is 9.97 Å². The first-order valence-electron chi connectivity index (χ1n) is 6.23. The molecule has 0 fully saturated rings. The van der Waals surface area contributed by atoms with Gasteiger partial charge in [0.25, 0.3) is 0 Å². The Morgan fingerprint density at radius 2 is 2.00 bits per heavy atom. The summed E-state index contributed by atoms with van der Waals surface area (Å²) in [5.74, 6) is -0.0130. The standard InChI is InChI=1S/C14H16FN3O2/c1-19-11-6-4-10(5-7-11)3-2-8-20-14-17-9-12(15)13(16)18-14/h4-7,9H,2-3,8H2,1H3,(H2,16,17,18). The van der Waals surface area contributed by atoms with E-state index in [-0.39, 0.29) is 11.8 Å². The fraction of sp³-hybridized carbons (Fsp3) is 0.286. The fourth-order valence-corrected chi connectivity index (χ4v) is 1.66. The predicted molar refractivity (Wildman–Crippen MR) is 73.2 cm³/mol. The molecule has 0 radical (unpaired) electrons. The van der Waals surface area contributed by atoms with Gasteiger partial charge in [-0.05, 0) is 30.5 Å². The monoisotopic (exact) mass is 277 g/mol. The number of benzene rings is 1. The van der Waals surface area contributed by atoms with Crippen molar-refractivity contribution in [2.24, 2.45) is 0 Å². The normalized spacial score (nSPS) is 10.3. The number of anilines is 1. The maximum atomic E-state index is 12.9. The van der Waals surface area contributed by atoms with Crippen molar-refractivity contribution < 1.29 is 13.9 Å². The first kappa shape index (κ1) is 14.0. The molecule has 1 aromatic heterocycles. The molecule has 2 aromatic rings. The number of halogens is 1. The van der Waals surface area contributed by atoms with E-state index in [4.69, 9.17) is 15.2 Å². The van der Waals surface area contributed by atoms with Crippen molar-refractivity contribution in [1.82, 2.24) is 9.97 Å². The van der Waals surface area contributed by atoms with Crippen LogP contribution in [0, 0.1) is 5.82 Å². The molecule has 6 heteroatoms. The topological polar surface area (TPSA) is 70.3 Å². The zero-order chi connectivity index (χ0) is 14.4. The molecule has 0 unspecified atom stereocenters. The fourth-order valence-electron chi connectivity index (χ4n) is 1.66. The lowest BCUT2D eigenvalue weighted by atomic mass is 10.1. The van der Waals surface area contributed by atoms with Crippen LogP contribution in [0.4, 0.5) is 10.2 Å². The first-order valence-corrected chi connectivity index (χ1v) is 6.23. The number of rotatable bonds is 6. The minimum atomic E-state index is -0.643. The number of ether oxygens (including phenoxy) is 2. The third-order valence-electron chi connectivity index (χ3n) is 2.75. The minimum absolute atomic E-state index is 0.0960. The van der Waals surface area contributed by atoms with Crippen molar-refractivity contribution >= 4 is 5.82 Å². The van der Waals surface area contributed by atoms with Gasteiger partial charge in [-0.3, -0.25) is 0 Å². The van der Waals surface area contributed by atoms with Gasteiger partial charge >= 0.3 is 6.01 Å². The lowest BCUT2D eigenvalue weighted by molar-refractivity contribution is 0.286. The summed E-state index contributed by atoms with van der Waals surface area (Å²) in [6.45, 7) is 0.442. The van der Waals surface area contributed by atoms with Crippen molar-refractivity contribution in [3.63, 3.8) is 0 Å². The summed E-state index contributed by atoms with van der Waals surface area (Å²) in [5, 5.41) is 0. The number of nitrogens with zero attached hydrogens (tertiary/aromatic N) is 2. The summed E-state index contributed by atoms with van der Waals surface area (Å²) in [5.41, 5.74) is 6.51. The molecular weight excluding hydrogens is 261 g/mol. The van der Waals surface area contributed by atoms with E-state index in [0.29, 0.717) is 6.61 Å².